The van der Waals surface area contributed by atoms with Gasteiger partial charge in [0, 0.05) is 12.6 Å². The second-order valence-electron chi connectivity index (χ2n) is 8.46. The molecule has 4 fully saturated rings. The third kappa shape index (κ3) is 3.03. The molecule has 0 saturated heterocycles. The molecule has 5 rings (SSSR count). The molecule has 0 aromatic heterocycles. The lowest BCUT2D eigenvalue weighted by Gasteiger charge is -2.59. The van der Waals surface area contributed by atoms with E-state index in [0.717, 1.165) is 36.7 Å². The monoisotopic (exact) mass is 313 g/mol. The van der Waals surface area contributed by atoms with Crippen LogP contribution in [0.25, 0.3) is 0 Å². The van der Waals surface area contributed by atoms with Gasteiger partial charge in [0.2, 0.25) is 0 Å². The Morgan fingerprint density at radius 1 is 1.04 bits per heavy atom. The summed E-state index contributed by atoms with van der Waals surface area (Å²) in [6.45, 7) is 6.19. The predicted molar refractivity (Wildman–Crippen MR) is 94.5 cm³/mol. The molecule has 0 amide bonds. The third-order valence-corrected chi connectivity index (χ3v) is 6.85. The van der Waals surface area contributed by atoms with E-state index in [1.165, 1.54) is 44.1 Å². The van der Waals surface area contributed by atoms with E-state index >= 15 is 0 Å². The molecule has 2 nitrogen and oxygen atoms in total. The minimum absolute atomic E-state index is 0.597. The summed E-state index contributed by atoms with van der Waals surface area (Å²) < 4.78 is 5.53. The Hall–Kier alpha value is -1.02. The summed E-state index contributed by atoms with van der Waals surface area (Å²) in [5.41, 5.74) is 1.96. The van der Waals surface area contributed by atoms with Gasteiger partial charge in [-0.05, 0) is 93.2 Å². The Labute approximate surface area is 141 Å². The number of benzene rings is 1. The molecule has 1 atom stereocenters. The maximum absolute atomic E-state index is 5.53. The van der Waals surface area contributed by atoms with E-state index in [0.29, 0.717) is 11.5 Å². The molecule has 2 heteroatoms. The fraction of sp³-hybridized carbons (Fsp3) is 0.714. The summed E-state index contributed by atoms with van der Waals surface area (Å²) in [5, 5.41) is 3.87. The quantitative estimate of drug-likeness (QED) is 0.816. The van der Waals surface area contributed by atoms with E-state index in [1.807, 2.05) is 6.92 Å². The second-order valence-corrected chi connectivity index (χ2v) is 8.46. The smallest absolute Gasteiger partial charge is 0.119 e. The Kier molecular flexibility index (Phi) is 4.13. The van der Waals surface area contributed by atoms with Gasteiger partial charge in [-0.25, -0.2) is 0 Å². The zero-order chi connectivity index (χ0) is 15.9. The van der Waals surface area contributed by atoms with Crippen molar-refractivity contribution in [2.75, 3.05) is 6.61 Å². The highest BCUT2D eigenvalue weighted by Gasteiger charge is 2.52. The van der Waals surface area contributed by atoms with Crippen LogP contribution in [0.1, 0.15) is 57.9 Å². The first-order chi connectivity index (χ1) is 11.2. The summed E-state index contributed by atoms with van der Waals surface area (Å²) in [6.07, 6.45) is 9.05. The van der Waals surface area contributed by atoms with Crippen molar-refractivity contribution in [3.8, 4) is 5.75 Å². The second kappa shape index (κ2) is 6.12. The van der Waals surface area contributed by atoms with Gasteiger partial charge < -0.3 is 10.1 Å². The molecule has 4 aliphatic carbocycles. The Morgan fingerprint density at radius 3 is 2.13 bits per heavy atom. The lowest BCUT2D eigenvalue weighted by Crippen LogP contribution is -2.54. The first-order valence-corrected chi connectivity index (χ1v) is 9.62. The van der Waals surface area contributed by atoms with Crippen LogP contribution in [0.15, 0.2) is 24.3 Å². The highest BCUT2D eigenvalue weighted by molar-refractivity contribution is 5.27. The topological polar surface area (TPSA) is 21.3 Å². The zero-order valence-electron chi connectivity index (χ0n) is 14.7. The SMILES string of the molecule is CCOc1ccc(CN[C@@H](C)C23CC4CC(CC(C4)C2)C3)cc1. The Balaban J connectivity index is 1.37. The average Bonchev–Trinajstić information content (AvgIpc) is 2.53. The Bertz CT molecular complexity index is 500. The van der Waals surface area contributed by atoms with E-state index in [9.17, 15) is 0 Å². The van der Waals surface area contributed by atoms with E-state index in [4.69, 9.17) is 4.74 Å². The first-order valence-electron chi connectivity index (χ1n) is 9.62. The molecule has 0 radical (unpaired) electrons. The van der Waals surface area contributed by atoms with Gasteiger partial charge >= 0.3 is 0 Å². The van der Waals surface area contributed by atoms with Crippen LogP contribution < -0.4 is 10.1 Å². The van der Waals surface area contributed by atoms with Gasteiger partial charge in [-0.15, -0.1) is 0 Å². The number of hydrogen-bond acceptors (Lipinski definition) is 2. The summed E-state index contributed by atoms with van der Waals surface area (Å²) in [6, 6.07) is 9.23. The van der Waals surface area contributed by atoms with Crippen LogP contribution in [0, 0.1) is 23.2 Å². The van der Waals surface area contributed by atoms with Crippen LogP contribution in [0.3, 0.4) is 0 Å². The third-order valence-electron chi connectivity index (χ3n) is 6.85. The van der Waals surface area contributed by atoms with Crippen molar-refractivity contribution in [1.82, 2.24) is 5.32 Å². The van der Waals surface area contributed by atoms with Crippen molar-refractivity contribution >= 4 is 0 Å². The van der Waals surface area contributed by atoms with E-state index in [-0.39, 0.29) is 0 Å². The van der Waals surface area contributed by atoms with E-state index < -0.39 is 0 Å². The zero-order valence-corrected chi connectivity index (χ0v) is 14.7. The van der Waals surface area contributed by atoms with Gasteiger partial charge in [-0.2, -0.15) is 0 Å². The Morgan fingerprint density at radius 2 is 1.61 bits per heavy atom. The van der Waals surface area contributed by atoms with Crippen LogP contribution in [0.2, 0.25) is 0 Å². The van der Waals surface area contributed by atoms with Crippen molar-refractivity contribution in [1.29, 1.82) is 0 Å². The molecule has 4 bridgehead atoms. The molecule has 4 saturated carbocycles. The number of hydrogen-bond donors (Lipinski definition) is 1. The molecule has 4 aliphatic rings. The maximum Gasteiger partial charge on any atom is 0.119 e. The van der Waals surface area contributed by atoms with Gasteiger partial charge in [0.1, 0.15) is 5.75 Å². The van der Waals surface area contributed by atoms with Gasteiger partial charge in [0.05, 0.1) is 6.61 Å². The van der Waals surface area contributed by atoms with Gasteiger partial charge in [-0.3, -0.25) is 0 Å². The lowest BCUT2D eigenvalue weighted by atomic mass is 9.48. The predicted octanol–water partition coefficient (Wildman–Crippen LogP) is 4.78. The molecular formula is C21H31NO. The molecule has 126 valence electrons. The van der Waals surface area contributed by atoms with Crippen molar-refractivity contribution in [2.24, 2.45) is 23.2 Å². The van der Waals surface area contributed by atoms with Gasteiger partial charge in [-0.1, -0.05) is 12.1 Å². The van der Waals surface area contributed by atoms with Crippen molar-refractivity contribution < 1.29 is 4.74 Å². The fourth-order valence-corrected chi connectivity index (χ4v) is 6.07. The molecule has 1 aromatic rings. The molecule has 0 unspecified atom stereocenters. The van der Waals surface area contributed by atoms with Crippen LogP contribution in [-0.2, 0) is 6.54 Å². The van der Waals surface area contributed by atoms with Gasteiger partial charge in [0.25, 0.3) is 0 Å². The fourth-order valence-electron chi connectivity index (χ4n) is 6.07. The van der Waals surface area contributed by atoms with Crippen LogP contribution in [0.4, 0.5) is 0 Å². The van der Waals surface area contributed by atoms with Crippen LogP contribution >= 0.6 is 0 Å². The minimum Gasteiger partial charge on any atom is -0.494 e. The normalized spacial score (nSPS) is 36.2. The molecule has 1 N–H and O–H groups in total. The van der Waals surface area contributed by atoms with E-state index in [2.05, 4.69) is 36.5 Å². The molecule has 0 spiro atoms. The summed E-state index contributed by atoms with van der Waals surface area (Å²) in [5.74, 6) is 4.09. The lowest BCUT2D eigenvalue weighted by molar-refractivity contribution is -0.0706. The number of ether oxygens (including phenoxy) is 1. The summed E-state index contributed by atoms with van der Waals surface area (Å²) in [4.78, 5) is 0. The van der Waals surface area contributed by atoms with Crippen molar-refractivity contribution in [2.45, 2.75) is 65.0 Å². The molecule has 0 aliphatic heterocycles. The van der Waals surface area contributed by atoms with Crippen LogP contribution in [-0.4, -0.2) is 12.6 Å². The standard InChI is InChI=1S/C21H31NO/c1-3-23-20-6-4-16(5-7-20)14-22-15(2)21-11-17-8-18(12-21)10-19(9-17)13-21/h4-7,15,17-19,22H,3,8-14H2,1-2H3/t15-,17?,18?,19?,21?/m0/s1. The number of rotatable bonds is 6. The largest absolute Gasteiger partial charge is 0.494 e. The molecular weight excluding hydrogens is 282 g/mol. The molecule has 23 heavy (non-hydrogen) atoms. The first kappa shape index (κ1) is 15.5. The summed E-state index contributed by atoms with van der Waals surface area (Å²) >= 11 is 0. The van der Waals surface area contributed by atoms with Crippen molar-refractivity contribution in [3.05, 3.63) is 29.8 Å². The maximum atomic E-state index is 5.53. The highest BCUT2D eigenvalue weighted by atomic mass is 16.5. The van der Waals surface area contributed by atoms with Crippen molar-refractivity contribution in [3.63, 3.8) is 0 Å². The van der Waals surface area contributed by atoms with Gasteiger partial charge in [0.15, 0.2) is 0 Å². The minimum atomic E-state index is 0.597. The van der Waals surface area contributed by atoms with E-state index in [1.54, 1.807) is 0 Å². The molecule has 0 heterocycles. The summed E-state index contributed by atoms with van der Waals surface area (Å²) in [7, 11) is 0. The van der Waals surface area contributed by atoms with Crippen LogP contribution in [0.5, 0.6) is 5.75 Å². The highest BCUT2D eigenvalue weighted by Crippen LogP contribution is 2.61. The number of nitrogens with one attached hydrogen (secondary N) is 1. The molecule has 1 aromatic carbocycles. The average molecular weight is 313 g/mol.